The van der Waals surface area contributed by atoms with Crippen molar-refractivity contribution in [3.63, 3.8) is 0 Å². The van der Waals surface area contributed by atoms with E-state index >= 15 is 0 Å². The van der Waals surface area contributed by atoms with Gasteiger partial charge in [-0.25, -0.2) is 4.79 Å². The average molecular weight is 386 g/mol. The van der Waals surface area contributed by atoms with Crippen LogP contribution in [-0.4, -0.2) is 57.2 Å². The molecule has 0 aromatic heterocycles. The number of nitrogens with zero attached hydrogens (tertiary/aromatic N) is 1. The third kappa shape index (κ3) is 5.82. The normalized spacial score (nSPS) is 17.1. The summed E-state index contributed by atoms with van der Waals surface area (Å²) < 4.78 is 0. The van der Waals surface area contributed by atoms with Gasteiger partial charge in [0.15, 0.2) is 5.78 Å². The van der Waals surface area contributed by atoms with E-state index in [0.29, 0.717) is 4.90 Å². The van der Waals surface area contributed by atoms with Crippen LogP contribution in [0.3, 0.4) is 0 Å². The second-order valence-corrected chi connectivity index (χ2v) is 7.95. The van der Waals surface area contributed by atoms with Crippen LogP contribution in [0.4, 0.5) is 0 Å². The van der Waals surface area contributed by atoms with E-state index in [1.54, 1.807) is 13.8 Å². The molecule has 0 fully saturated rings. The van der Waals surface area contributed by atoms with E-state index in [4.69, 9.17) is 17.2 Å². The van der Waals surface area contributed by atoms with Gasteiger partial charge in [-0.2, -0.15) is 0 Å². The molecule has 2 amide bonds. The predicted molar refractivity (Wildman–Crippen MR) is 101 cm³/mol. The van der Waals surface area contributed by atoms with E-state index < -0.39 is 47.2 Å². The van der Waals surface area contributed by atoms with Crippen molar-refractivity contribution in [1.82, 2.24) is 4.90 Å². The van der Waals surface area contributed by atoms with Gasteiger partial charge in [0.05, 0.1) is 18.1 Å². The number of imide groups is 1. The Morgan fingerprint density at radius 3 is 1.63 bits per heavy atom. The van der Waals surface area contributed by atoms with E-state index in [2.05, 4.69) is 0 Å². The highest BCUT2D eigenvalue weighted by atomic mass is 16.4. The lowest BCUT2D eigenvalue weighted by atomic mass is 9.79. The number of hydrogen-bond acceptors (Lipinski definition) is 7. The van der Waals surface area contributed by atoms with E-state index in [9.17, 15) is 24.3 Å². The lowest BCUT2D eigenvalue weighted by Gasteiger charge is -2.41. The molecule has 0 saturated heterocycles. The van der Waals surface area contributed by atoms with Crippen LogP contribution in [-0.2, 0) is 19.2 Å². The summed E-state index contributed by atoms with van der Waals surface area (Å²) in [6, 6.07) is -3.57. The van der Waals surface area contributed by atoms with Crippen LogP contribution in [0.5, 0.6) is 0 Å². The van der Waals surface area contributed by atoms with Gasteiger partial charge in [0, 0.05) is 0 Å². The minimum Gasteiger partial charge on any atom is -0.479 e. The van der Waals surface area contributed by atoms with Crippen LogP contribution in [0.15, 0.2) is 0 Å². The Morgan fingerprint density at radius 2 is 1.33 bits per heavy atom. The number of ketones is 1. The molecule has 9 nitrogen and oxygen atoms in total. The molecule has 7 N–H and O–H groups in total. The summed E-state index contributed by atoms with van der Waals surface area (Å²) >= 11 is 0. The molecule has 0 aliphatic rings. The maximum Gasteiger partial charge on any atom is 0.338 e. The van der Waals surface area contributed by atoms with Crippen molar-refractivity contribution in [2.75, 3.05) is 0 Å². The number of carbonyl (C=O) groups is 4. The van der Waals surface area contributed by atoms with Gasteiger partial charge < -0.3 is 22.3 Å². The Kier molecular flexibility index (Phi) is 9.24. The van der Waals surface area contributed by atoms with Crippen LogP contribution < -0.4 is 17.2 Å². The largest absolute Gasteiger partial charge is 0.479 e. The number of hydrogen-bond donors (Lipinski definition) is 4. The van der Waals surface area contributed by atoms with Crippen LogP contribution in [0.2, 0.25) is 0 Å². The fourth-order valence-corrected chi connectivity index (χ4v) is 3.02. The monoisotopic (exact) mass is 386 g/mol. The number of rotatable bonds is 10. The smallest absolute Gasteiger partial charge is 0.338 e. The fraction of sp³-hybridized carbons (Fsp3) is 0.778. The van der Waals surface area contributed by atoms with Crippen molar-refractivity contribution >= 4 is 23.6 Å². The zero-order chi connectivity index (χ0) is 21.7. The van der Waals surface area contributed by atoms with Gasteiger partial charge in [0.1, 0.15) is 0 Å². The van der Waals surface area contributed by atoms with Crippen molar-refractivity contribution in [2.24, 2.45) is 29.0 Å². The Hall–Kier alpha value is -1.84. The molecule has 0 aliphatic heterocycles. The summed E-state index contributed by atoms with van der Waals surface area (Å²) in [5.41, 5.74) is 14.8. The first kappa shape index (κ1) is 25.2. The van der Waals surface area contributed by atoms with Crippen LogP contribution >= 0.6 is 0 Å². The molecule has 0 saturated carbocycles. The van der Waals surface area contributed by atoms with E-state index in [0.717, 1.165) is 0 Å². The third-order valence-electron chi connectivity index (χ3n) is 4.13. The molecule has 0 aliphatic carbocycles. The SMILES string of the molecule is CC(C)CC(N)C(=O)N(C(=O)C(C)N)C(CC(C)C)(C(=O)O)C(=O)C(C)N. The number of carboxylic acid groups (broad SMARTS) is 1. The molecule has 0 spiro atoms. The fourth-order valence-electron chi connectivity index (χ4n) is 3.02. The van der Waals surface area contributed by atoms with E-state index in [1.807, 2.05) is 13.8 Å². The lowest BCUT2D eigenvalue weighted by Crippen LogP contribution is -2.70. The van der Waals surface area contributed by atoms with Gasteiger partial charge in [0.2, 0.25) is 17.4 Å². The maximum atomic E-state index is 13.1. The summed E-state index contributed by atoms with van der Waals surface area (Å²) in [6.45, 7) is 9.65. The van der Waals surface area contributed by atoms with Crippen molar-refractivity contribution in [3.8, 4) is 0 Å². The predicted octanol–water partition coefficient (Wildman–Crippen LogP) is -0.152. The van der Waals surface area contributed by atoms with Crippen molar-refractivity contribution in [3.05, 3.63) is 0 Å². The summed E-state index contributed by atoms with van der Waals surface area (Å²) in [6.07, 6.45) is -0.0768. The second-order valence-electron chi connectivity index (χ2n) is 7.95. The minimum absolute atomic E-state index is 0.0182. The second kappa shape index (κ2) is 9.91. The Labute approximate surface area is 160 Å². The van der Waals surface area contributed by atoms with Gasteiger partial charge in [-0.3, -0.25) is 19.3 Å². The summed E-state index contributed by atoms with van der Waals surface area (Å²) in [7, 11) is 0. The highest BCUT2D eigenvalue weighted by Crippen LogP contribution is 2.29. The molecule has 0 heterocycles. The number of carboxylic acids is 1. The molecule has 0 bridgehead atoms. The Morgan fingerprint density at radius 1 is 0.852 bits per heavy atom. The number of amides is 2. The van der Waals surface area contributed by atoms with Crippen LogP contribution in [0, 0.1) is 11.8 Å². The van der Waals surface area contributed by atoms with Gasteiger partial charge in [-0.05, 0) is 38.5 Å². The first-order valence-electron chi connectivity index (χ1n) is 9.12. The van der Waals surface area contributed by atoms with Gasteiger partial charge in [0.25, 0.3) is 0 Å². The van der Waals surface area contributed by atoms with E-state index in [-0.39, 0.29) is 24.7 Å². The number of Topliss-reactive ketones (excluding diaryl/α,β-unsaturated/α-hetero) is 1. The number of aliphatic carboxylic acids is 1. The molecule has 0 aromatic carbocycles. The number of nitrogens with two attached hydrogens (primary N) is 3. The molecule has 4 unspecified atom stereocenters. The van der Waals surface area contributed by atoms with Crippen molar-refractivity contribution in [2.45, 2.75) is 78.0 Å². The first-order chi connectivity index (χ1) is 12.2. The average Bonchev–Trinajstić information content (AvgIpc) is 2.51. The summed E-state index contributed by atoms with van der Waals surface area (Å²) in [5, 5.41) is 10.0. The molecule has 4 atom stereocenters. The summed E-state index contributed by atoms with van der Waals surface area (Å²) in [5.74, 6) is -4.80. The van der Waals surface area contributed by atoms with Crippen LogP contribution in [0.1, 0.15) is 54.4 Å². The quantitative estimate of drug-likeness (QED) is 0.375. The lowest BCUT2D eigenvalue weighted by molar-refractivity contribution is -0.173. The van der Waals surface area contributed by atoms with Crippen molar-refractivity contribution in [1.29, 1.82) is 0 Å². The van der Waals surface area contributed by atoms with Crippen LogP contribution in [0.25, 0.3) is 0 Å². The highest BCUT2D eigenvalue weighted by Gasteiger charge is 2.57. The minimum atomic E-state index is -2.46. The Balaban J connectivity index is 6.68. The topological polar surface area (TPSA) is 170 Å². The van der Waals surface area contributed by atoms with Gasteiger partial charge in [-0.15, -0.1) is 0 Å². The van der Waals surface area contributed by atoms with Crippen molar-refractivity contribution < 1.29 is 24.3 Å². The molecule has 9 heteroatoms. The molecular weight excluding hydrogens is 352 g/mol. The van der Waals surface area contributed by atoms with E-state index in [1.165, 1.54) is 13.8 Å². The zero-order valence-electron chi connectivity index (χ0n) is 17.1. The number of carbonyl (C=O) groups excluding carboxylic acids is 3. The molecule has 156 valence electrons. The third-order valence-corrected chi connectivity index (χ3v) is 4.13. The molecule has 27 heavy (non-hydrogen) atoms. The van der Waals surface area contributed by atoms with Gasteiger partial charge in [-0.1, -0.05) is 27.7 Å². The summed E-state index contributed by atoms with van der Waals surface area (Å²) in [4.78, 5) is 51.6. The highest BCUT2D eigenvalue weighted by molar-refractivity contribution is 6.17. The van der Waals surface area contributed by atoms with Gasteiger partial charge >= 0.3 is 5.97 Å². The molecular formula is C18H34N4O5. The standard InChI is InChI=1S/C18H34N4O5/c1-9(2)7-13(21)16(25)22(15(24)12(6)20)18(17(26)27,8-10(3)4)14(23)11(5)19/h9-13H,7-8,19-21H2,1-6H3,(H,26,27). The zero-order valence-corrected chi connectivity index (χ0v) is 17.1. The molecule has 0 aromatic rings. The first-order valence-corrected chi connectivity index (χ1v) is 9.12. The molecule has 0 rings (SSSR count). The Bertz CT molecular complexity index is 574. The molecule has 0 radical (unpaired) electrons. The maximum absolute atomic E-state index is 13.1.